The number of aromatic amines is 1. The van der Waals surface area contributed by atoms with Crippen LogP contribution in [-0.4, -0.2) is 83.6 Å². The zero-order valence-electron chi connectivity index (χ0n) is 22.1. The summed E-state index contributed by atoms with van der Waals surface area (Å²) < 4.78 is 69.0. The SMILES string of the molecule is CS(=O)(=O)c1cc(C(F)(F)F)ccc1OCC1CCN(C(=O)N2CC3(CC(c4nc(C5(O)CC5)n[nH]4)C3)C2)CC1. The second-order valence-electron chi connectivity index (χ2n) is 12.0. The van der Waals surface area contributed by atoms with Crippen molar-refractivity contribution in [3.8, 4) is 5.75 Å². The molecule has 218 valence electrons. The van der Waals surface area contributed by atoms with Crippen LogP contribution in [0.15, 0.2) is 23.1 Å². The van der Waals surface area contributed by atoms with Gasteiger partial charge in [-0.25, -0.2) is 18.2 Å². The third kappa shape index (κ3) is 5.15. The molecule has 0 bridgehead atoms. The summed E-state index contributed by atoms with van der Waals surface area (Å²) in [6, 6.07) is 2.49. The van der Waals surface area contributed by atoms with Crippen LogP contribution in [0.4, 0.5) is 18.0 Å². The van der Waals surface area contributed by atoms with Crippen LogP contribution in [0.25, 0.3) is 0 Å². The predicted octanol–water partition coefficient (Wildman–Crippen LogP) is 3.30. The minimum atomic E-state index is -4.66. The summed E-state index contributed by atoms with van der Waals surface area (Å²) in [5.41, 5.74) is -1.77. The number of nitrogens with one attached hydrogen (secondary N) is 1. The van der Waals surface area contributed by atoms with E-state index in [-0.39, 0.29) is 35.6 Å². The number of aromatic nitrogens is 3. The first kappa shape index (κ1) is 27.3. The standard InChI is InChI=1S/C26H32F3N5O5S/c1-40(37,38)20-10-18(26(27,28)29)2-3-19(20)39-13-16-4-8-33(9-5-16)23(35)34-14-24(15-34)11-17(12-24)21-30-22(32-31-21)25(36)6-7-25/h2-3,10,16-17,36H,4-9,11-15H2,1H3,(H,30,31,32). The number of ether oxygens (including phenoxy) is 1. The van der Waals surface area contributed by atoms with Crippen molar-refractivity contribution in [2.45, 2.75) is 61.1 Å². The molecule has 2 saturated heterocycles. The first-order valence-corrected chi connectivity index (χ1v) is 15.4. The molecule has 40 heavy (non-hydrogen) atoms. The number of aliphatic hydroxyl groups is 1. The zero-order valence-corrected chi connectivity index (χ0v) is 22.9. The van der Waals surface area contributed by atoms with Gasteiger partial charge in [-0.15, -0.1) is 0 Å². The molecule has 1 spiro atoms. The minimum Gasteiger partial charge on any atom is -0.492 e. The van der Waals surface area contributed by atoms with Gasteiger partial charge in [0.2, 0.25) is 0 Å². The lowest BCUT2D eigenvalue weighted by Crippen LogP contribution is -2.65. The van der Waals surface area contributed by atoms with Gasteiger partial charge in [-0.3, -0.25) is 5.10 Å². The third-order valence-electron chi connectivity index (χ3n) is 8.74. The van der Waals surface area contributed by atoms with Crippen molar-refractivity contribution >= 4 is 15.9 Å². The maximum Gasteiger partial charge on any atom is 0.416 e. The van der Waals surface area contributed by atoms with E-state index in [0.717, 1.165) is 37.1 Å². The molecule has 0 atom stereocenters. The van der Waals surface area contributed by atoms with Crippen LogP contribution in [0.3, 0.4) is 0 Å². The first-order chi connectivity index (χ1) is 18.7. The van der Waals surface area contributed by atoms with Crippen molar-refractivity contribution in [3.63, 3.8) is 0 Å². The molecule has 4 fully saturated rings. The maximum absolute atomic E-state index is 13.1. The molecule has 14 heteroatoms. The van der Waals surface area contributed by atoms with Crippen LogP contribution in [0.5, 0.6) is 5.75 Å². The minimum absolute atomic E-state index is 0.00783. The Kier molecular flexibility index (Phi) is 6.37. The van der Waals surface area contributed by atoms with E-state index in [9.17, 15) is 31.5 Å². The molecule has 2 aromatic rings. The summed E-state index contributed by atoms with van der Waals surface area (Å²) in [4.78, 5) is 20.7. The molecule has 1 aromatic carbocycles. The van der Waals surface area contributed by atoms with E-state index < -0.39 is 32.1 Å². The monoisotopic (exact) mass is 583 g/mol. The molecule has 3 heterocycles. The van der Waals surface area contributed by atoms with Gasteiger partial charge in [0, 0.05) is 43.8 Å². The number of piperidine rings is 1. The van der Waals surface area contributed by atoms with Gasteiger partial charge in [0.25, 0.3) is 0 Å². The largest absolute Gasteiger partial charge is 0.492 e. The Morgan fingerprint density at radius 3 is 2.45 bits per heavy atom. The van der Waals surface area contributed by atoms with Crippen molar-refractivity contribution < 1.29 is 36.2 Å². The lowest BCUT2D eigenvalue weighted by atomic mass is 9.57. The highest BCUT2D eigenvalue weighted by Gasteiger charge is 2.56. The Balaban J connectivity index is 0.958. The van der Waals surface area contributed by atoms with Gasteiger partial charge in [0.05, 0.1) is 12.2 Å². The van der Waals surface area contributed by atoms with E-state index >= 15 is 0 Å². The first-order valence-electron chi connectivity index (χ1n) is 13.5. The number of hydrogen-bond acceptors (Lipinski definition) is 7. The van der Waals surface area contributed by atoms with Gasteiger partial charge < -0.3 is 19.6 Å². The zero-order chi connectivity index (χ0) is 28.5. The Bertz CT molecular complexity index is 1400. The number of rotatable bonds is 6. The van der Waals surface area contributed by atoms with Crippen molar-refractivity contribution in [2.24, 2.45) is 11.3 Å². The molecule has 2 N–H and O–H groups in total. The molecule has 2 aliphatic carbocycles. The van der Waals surface area contributed by atoms with Crippen LogP contribution in [0.1, 0.15) is 61.7 Å². The molecular weight excluding hydrogens is 551 g/mol. The molecule has 2 aliphatic heterocycles. The molecule has 2 saturated carbocycles. The number of amides is 2. The Hall–Kier alpha value is -2.87. The molecule has 2 amide bonds. The second kappa shape index (κ2) is 9.33. The van der Waals surface area contributed by atoms with E-state index in [1.807, 2.05) is 9.80 Å². The number of halogens is 3. The lowest BCUT2D eigenvalue weighted by Gasteiger charge is -2.59. The van der Waals surface area contributed by atoms with Crippen molar-refractivity contribution in [1.29, 1.82) is 0 Å². The number of hydrogen-bond donors (Lipinski definition) is 2. The van der Waals surface area contributed by atoms with Gasteiger partial charge in [-0.2, -0.15) is 18.3 Å². The van der Waals surface area contributed by atoms with Gasteiger partial charge in [-0.05, 0) is 62.6 Å². The highest BCUT2D eigenvalue weighted by Crippen LogP contribution is 2.56. The summed E-state index contributed by atoms with van der Waals surface area (Å²) in [5, 5.41) is 17.3. The van der Waals surface area contributed by atoms with E-state index in [1.54, 1.807) is 0 Å². The van der Waals surface area contributed by atoms with Crippen molar-refractivity contribution in [1.82, 2.24) is 25.0 Å². The van der Waals surface area contributed by atoms with Crippen molar-refractivity contribution in [3.05, 3.63) is 35.4 Å². The topological polar surface area (TPSA) is 129 Å². The fourth-order valence-electron chi connectivity index (χ4n) is 6.13. The molecule has 1 aromatic heterocycles. The summed E-state index contributed by atoms with van der Waals surface area (Å²) >= 11 is 0. The Labute approximate surface area is 229 Å². The number of likely N-dealkylation sites (tertiary alicyclic amines) is 2. The average Bonchev–Trinajstić information content (AvgIpc) is 3.40. The van der Waals surface area contributed by atoms with Crippen molar-refractivity contribution in [2.75, 3.05) is 39.0 Å². The van der Waals surface area contributed by atoms with E-state index in [4.69, 9.17) is 4.74 Å². The smallest absolute Gasteiger partial charge is 0.416 e. The van der Waals surface area contributed by atoms with Crippen LogP contribution < -0.4 is 4.74 Å². The summed E-state index contributed by atoms with van der Waals surface area (Å²) in [7, 11) is -3.93. The number of carbonyl (C=O) groups is 1. The fraction of sp³-hybridized carbons (Fsp3) is 0.654. The van der Waals surface area contributed by atoms with Gasteiger partial charge in [0.1, 0.15) is 22.1 Å². The number of nitrogens with zero attached hydrogens (tertiary/aromatic N) is 4. The Morgan fingerprint density at radius 2 is 1.85 bits per heavy atom. The average molecular weight is 584 g/mol. The number of carbonyl (C=O) groups excluding carboxylic acids is 1. The fourth-order valence-corrected chi connectivity index (χ4v) is 6.97. The summed E-state index contributed by atoms with van der Waals surface area (Å²) in [6.07, 6.45) is 0.768. The van der Waals surface area contributed by atoms with Gasteiger partial charge >= 0.3 is 12.2 Å². The number of urea groups is 1. The summed E-state index contributed by atoms with van der Waals surface area (Å²) in [5.74, 6) is 1.52. The van der Waals surface area contributed by atoms with Crippen LogP contribution >= 0.6 is 0 Å². The lowest BCUT2D eigenvalue weighted by molar-refractivity contribution is -0.137. The third-order valence-corrected chi connectivity index (χ3v) is 9.86. The maximum atomic E-state index is 13.1. The molecule has 0 radical (unpaired) electrons. The van der Waals surface area contributed by atoms with Crippen LogP contribution in [0.2, 0.25) is 0 Å². The predicted molar refractivity (Wildman–Crippen MR) is 135 cm³/mol. The quantitative estimate of drug-likeness (QED) is 0.534. The highest BCUT2D eigenvalue weighted by molar-refractivity contribution is 7.90. The highest BCUT2D eigenvalue weighted by atomic mass is 32.2. The normalized spacial score (nSPS) is 22.6. The number of H-pyrrole nitrogens is 1. The number of alkyl halides is 3. The molecule has 6 rings (SSSR count). The summed E-state index contributed by atoms with van der Waals surface area (Å²) in [6.45, 7) is 2.64. The Morgan fingerprint density at radius 1 is 1.18 bits per heavy atom. The molecule has 4 aliphatic rings. The van der Waals surface area contributed by atoms with E-state index in [2.05, 4.69) is 15.2 Å². The number of sulfone groups is 1. The number of benzene rings is 1. The van der Waals surface area contributed by atoms with Crippen LogP contribution in [0, 0.1) is 11.3 Å². The van der Waals surface area contributed by atoms with E-state index in [0.29, 0.717) is 63.8 Å². The van der Waals surface area contributed by atoms with Crippen LogP contribution in [-0.2, 0) is 21.6 Å². The van der Waals surface area contributed by atoms with E-state index in [1.165, 1.54) is 0 Å². The molecule has 10 nitrogen and oxygen atoms in total. The second-order valence-corrected chi connectivity index (χ2v) is 14.0. The van der Waals surface area contributed by atoms with Gasteiger partial charge in [-0.1, -0.05) is 0 Å². The van der Waals surface area contributed by atoms with Gasteiger partial charge in [0.15, 0.2) is 15.7 Å². The molecule has 0 unspecified atom stereocenters. The molecular formula is C26H32F3N5O5S.